The molecule has 104 valence electrons. The second kappa shape index (κ2) is 5.82. The van der Waals surface area contributed by atoms with Crippen LogP contribution in [0, 0.1) is 5.92 Å². The minimum atomic E-state index is -0.217. The summed E-state index contributed by atoms with van der Waals surface area (Å²) in [5.41, 5.74) is 12.9. The van der Waals surface area contributed by atoms with Gasteiger partial charge in [0.25, 0.3) is 0 Å². The van der Waals surface area contributed by atoms with Gasteiger partial charge in [0.05, 0.1) is 18.2 Å². The average molecular weight is 263 g/mol. The molecule has 5 nitrogen and oxygen atoms in total. The third kappa shape index (κ3) is 3.10. The first-order valence-electron chi connectivity index (χ1n) is 6.68. The number of carbonyl (C=O) groups is 1. The number of nitrogens with zero attached hydrogens (tertiary/aromatic N) is 1. The molecule has 1 aromatic carbocycles. The van der Waals surface area contributed by atoms with Gasteiger partial charge in [-0.1, -0.05) is 0 Å². The van der Waals surface area contributed by atoms with Gasteiger partial charge in [-0.05, 0) is 31.9 Å². The molecule has 1 amide bonds. The summed E-state index contributed by atoms with van der Waals surface area (Å²) in [6.07, 6.45) is 1.85. The van der Waals surface area contributed by atoms with Crippen molar-refractivity contribution >= 4 is 17.3 Å². The first-order chi connectivity index (χ1) is 9.11. The van der Waals surface area contributed by atoms with E-state index in [2.05, 4.69) is 4.90 Å². The lowest BCUT2D eigenvalue weighted by Crippen LogP contribution is -2.41. The van der Waals surface area contributed by atoms with Crippen LogP contribution < -0.4 is 21.1 Å². The van der Waals surface area contributed by atoms with Crippen LogP contribution in [0.15, 0.2) is 18.2 Å². The van der Waals surface area contributed by atoms with Crippen molar-refractivity contribution in [2.75, 3.05) is 30.3 Å². The number of hydrogen-bond acceptors (Lipinski definition) is 4. The van der Waals surface area contributed by atoms with Gasteiger partial charge in [-0.25, -0.2) is 0 Å². The molecule has 1 aromatic rings. The zero-order chi connectivity index (χ0) is 13.8. The van der Waals surface area contributed by atoms with Crippen LogP contribution in [0.5, 0.6) is 5.75 Å². The number of carbonyl (C=O) groups excluding carboxylic acids is 1. The molecule has 0 aromatic heterocycles. The van der Waals surface area contributed by atoms with Crippen molar-refractivity contribution in [2.24, 2.45) is 11.7 Å². The number of nitrogen functional groups attached to an aromatic ring is 1. The summed E-state index contributed by atoms with van der Waals surface area (Å²) < 4.78 is 5.50. The highest BCUT2D eigenvalue weighted by molar-refractivity contribution is 5.77. The van der Waals surface area contributed by atoms with E-state index >= 15 is 0 Å². The number of primary amides is 1. The summed E-state index contributed by atoms with van der Waals surface area (Å²) in [5, 5.41) is 0. The van der Waals surface area contributed by atoms with Crippen LogP contribution in [0.25, 0.3) is 0 Å². The summed E-state index contributed by atoms with van der Waals surface area (Å²) in [7, 11) is 0. The van der Waals surface area contributed by atoms with Crippen LogP contribution in [0.2, 0.25) is 0 Å². The Morgan fingerprint density at radius 2 is 2.32 bits per heavy atom. The number of hydrogen-bond donors (Lipinski definition) is 2. The quantitative estimate of drug-likeness (QED) is 0.804. The minimum Gasteiger partial charge on any atom is -0.492 e. The Bertz CT molecular complexity index is 462. The largest absolute Gasteiger partial charge is 0.492 e. The summed E-state index contributed by atoms with van der Waals surface area (Å²) in [6, 6.07) is 5.73. The highest BCUT2D eigenvalue weighted by Gasteiger charge is 2.24. The summed E-state index contributed by atoms with van der Waals surface area (Å²) >= 11 is 0. The van der Waals surface area contributed by atoms with E-state index in [0.29, 0.717) is 24.6 Å². The van der Waals surface area contributed by atoms with Gasteiger partial charge >= 0.3 is 0 Å². The molecule has 1 unspecified atom stereocenters. The van der Waals surface area contributed by atoms with Crippen LogP contribution in [-0.4, -0.2) is 25.6 Å². The monoisotopic (exact) mass is 263 g/mol. The number of piperidine rings is 1. The molecular formula is C14H21N3O2. The Morgan fingerprint density at radius 1 is 1.53 bits per heavy atom. The molecular weight excluding hydrogens is 242 g/mol. The van der Waals surface area contributed by atoms with Crippen molar-refractivity contribution in [3.8, 4) is 5.75 Å². The minimum absolute atomic E-state index is 0.0677. The molecule has 1 fully saturated rings. The number of amides is 1. The van der Waals surface area contributed by atoms with Gasteiger partial charge in [-0.3, -0.25) is 4.79 Å². The molecule has 0 spiro atoms. The Hall–Kier alpha value is -1.91. The molecule has 0 bridgehead atoms. The predicted molar refractivity (Wildman–Crippen MR) is 76.2 cm³/mol. The Balaban J connectivity index is 2.16. The summed E-state index contributed by atoms with van der Waals surface area (Å²) in [5.74, 6) is 0.410. The summed E-state index contributed by atoms with van der Waals surface area (Å²) in [6.45, 7) is 4.11. The zero-order valence-corrected chi connectivity index (χ0v) is 11.3. The number of nitrogens with two attached hydrogens (primary N) is 2. The maximum atomic E-state index is 11.3. The second-order valence-electron chi connectivity index (χ2n) is 4.84. The molecule has 2 rings (SSSR count). The van der Waals surface area contributed by atoms with Gasteiger partial charge in [0, 0.05) is 24.8 Å². The normalized spacial score (nSPS) is 19.2. The maximum Gasteiger partial charge on any atom is 0.222 e. The zero-order valence-electron chi connectivity index (χ0n) is 11.3. The van der Waals surface area contributed by atoms with Gasteiger partial charge in [0.2, 0.25) is 5.91 Å². The van der Waals surface area contributed by atoms with E-state index < -0.39 is 0 Å². The molecule has 5 heteroatoms. The van der Waals surface area contributed by atoms with E-state index in [9.17, 15) is 4.79 Å². The van der Waals surface area contributed by atoms with Crippen molar-refractivity contribution in [1.29, 1.82) is 0 Å². The smallest absolute Gasteiger partial charge is 0.222 e. The molecule has 1 saturated heterocycles. The standard InChI is InChI=1S/C14H21N3O2/c1-2-19-13-8-11(5-6-12(13)15)17-7-3-4-10(9-17)14(16)18/h5-6,8,10H,2-4,7,9,15H2,1H3,(H2,16,18). The molecule has 1 atom stereocenters. The molecule has 1 aliphatic heterocycles. The van der Waals surface area contributed by atoms with Crippen LogP contribution in [0.4, 0.5) is 11.4 Å². The van der Waals surface area contributed by atoms with Crippen molar-refractivity contribution in [3.05, 3.63) is 18.2 Å². The van der Waals surface area contributed by atoms with Gasteiger partial charge in [0.1, 0.15) is 5.75 Å². The van der Waals surface area contributed by atoms with E-state index in [4.69, 9.17) is 16.2 Å². The van der Waals surface area contributed by atoms with Gasteiger partial charge in [0.15, 0.2) is 0 Å². The predicted octanol–water partition coefficient (Wildman–Crippen LogP) is 1.37. The SMILES string of the molecule is CCOc1cc(N2CCCC(C(N)=O)C2)ccc1N. The number of benzene rings is 1. The third-order valence-electron chi connectivity index (χ3n) is 3.49. The van der Waals surface area contributed by atoms with Crippen LogP contribution in [0.3, 0.4) is 0 Å². The van der Waals surface area contributed by atoms with E-state index in [-0.39, 0.29) is 11.8 Å². The topological polar surface area (TPSA) is 81.6 Å². The van der Waals surface area contributed by atoms with Crippen LogP contribution >= 0.6 is 0 Å². The molecule has 0 saturated carbocycles. The van der Waals surface area contributed by atoms with Crippen molar-refractivity contribution in [3.63, 3.8) is 0 Å². The maximum absolute atomic E-state index is 11.3. The lowest BCUT2D eigenvalue weighted by atomic mass is 9.97. The van der Waals surface area contributed by atoms with Gasteiger partial charge in [-0.15, -0.1) is 0 Å². The molecule has 0 radical (unpaired) electrons. The fraction of sp³-hybridized carbons (Fsp3) is 0.500. The van der Waals surface area contributed by atoms with E-state index in [1.807, 2.05) is 25.1 Å². The van der Waals surface area contributed by atoms with E-state index in [0.717, 1.165) is 25.1 Å². The van der Waals surface area contributed by atoms with Crippen molar-refractivity contribution < 1.29 is 9.53 Å². The Morgan fingerprint density at radius 3 is 3.00 bits per heavy atom. The molecule has 4 N–H and O–H groups in total. The Kier molecular flexibility index (Phi) is 4.14. The highest BCUT2D eigenvalue weighted by atomic mass is 16.5. The summed E-state index contributed by atoms with van der Waals surface area (Å²) in [4.78, 5) is 13.5. The van der Waals surface area contributed by atoms with Crippen LogP contribution in [-0.2, 0) is 4.79 Å². The first kappa shape index (κ1) is 13.5. The van der Waals surface area contributed by atoms with Crippen molar-refractivity contribution in [1.82, 2.24) is 0 Å². The molecule has 19 heavy (non-hydrogen) atoms. The molecule has 1 heterocycles. The number of anilines is 2. The molecule has 0 aliphatic carbocycles. The fourth-order valence-electron chi connectivity index (χ4n) is 2.44. The lowest BCUT2D eigenvalue weighted by molar-refractivity contribution is -0.122. The fourth-order valence-corrected chi connectivity index (χ4v) is 2.44. The van der Waals surface area contributed by atoms with E-state index in [1.165, 1.54) is 0 Å². The third-order valence-corrected chi connectivity index (χ3v) is 3.49. The highest BCUT2D eigenvalue weighted by Crippen LogP contribution is 2.30. The number of ether oxygens (including phenoxy) is 1. The van der Waals surface area contributed by atoms with E-state index in [1.54, 1.807) is 0 Å². The van der Waals surface area contributed by atoms with Gasteiger partial charge in [-0.2, -0.15) is 0 Å². The van der Waals surface area contributed by atoms with Gasteiger partial charge < -0.3 is 21.1 Å². The second-order valence-corrected chi connectivity index (χ2v) is 4.84. The first-order valence-corrected chi connectivity index (χ1v) is 6.68. The van der Waals surface area contributed by atoms with Crippen LogP contribution in [0.1, 0.15) is 19.8 Å². The van der Waals surface area contributed by atoms with Crippen molar-refractivity contribution in [2.45, 2.75) is 19.8 Å². The molecule has 1 aliphatic rings. The number of rotatable bonds is 4. The lowest BCUT2D eigenvalue weighted by Gasteiger charge is -2.33. The average Bonchev–Trinajstić information content (AvgIpc) is 2.41. The Labute approximate surface area is 113 Å².